The van der Waals surface area contributed by atoms with E-state index in [-0.39, 0.29) is 15.7 Å². The molecule has 0 aliphatic carbocycles. The first kappa shape index (κ1) is 7.58. The van der Waals surface area contributed by atoms with Crippen molar-refractivity contribution in [1.29, 1.82) is 0 Å². The lowest BCUT2D eigenvalue weighted by atomic mass is 10.4. The van der Waals surface area contributed by atoms with E-state index in [1.807, 2.05) is 0 Å². The minimum atomic E-state index is -0.178. The Morgan fingerprint density at radius 3 is 1.75 bits per heavy atom. The number of halogens is 1. The van der Waals surface area contributed by atoms with Crippen LogP contribution in [0.1, 0.15) is 0 Å². The van der Waals surface area contributed by atoms with Gasteiger partial charge < -0.3 is 0 Å². The quantitative estimate of drug-likeness (QED) is 0.470. The van der Waals surface area contributed by atoms with E-state index in [1.54, 1.807) is 18.2 Å². The molecule has 0 saturated heterocycles. The lowest BCUT2D eigenvalue weighted by Crippen LogP contribution is -1.63. The standard InChI is InChI=1S/C6H5F.H3P/c7-6-4-2-1-3-5-6;/h1-5H;1H3. The van der Waals surface area contributed by atoms with Crippen LogP contribution in [0.25, 0.3) is 0 Å². The van der Waals surface area contributed by atoms with Gasteiger partial charge in [-0.15, -0.1) is 0 Å². The molecule has 1 atom stereocenters. The SMILES string of the molecule is Fc1ccccc1.P. The molecule has 0 aliphatic rings. The summed E-state index contributed by atoms with van der Waals surface area (Å²) in [4.78, 5) is 0. The van der Waals surface area contributed by atoms with Gasteiger partial charge in [0, 0.05) is 0 Å². The summed E-state index contributed by atoms with van der Waals surface area (Å²) in [5.41, 5.74) is 0. The van der Waals surface area contributed by atoms with Crippen LogP contribution in [-0.2, 0) is 0 Å². The van der Waals surface area contributed by atoms with E-state index in [0.717, 1.165) is 0 Å². The third-order valence-electron chi connectivity index (χ3n) is 0.733. The van der Waals surface area contributed by atoms with E-state index in [4.69, 9.17) is 0 Å². The molecule has 0 amide bonds. The number of hydrogen-bond donors (Lipinski definition) is 0. The molecular formula is C6H8FP. The normalized spacial score (nSPS) is 7.62. The highest BCUT2D eigenvalue weighted by Gasteiger charge is 1.77. The molecule has 0 fully saturated rings. The number of benzene rings is 1. The molecule has 0 aromatic heterocycles. The van der Waals surface area contributed by atoms with E-state index in [2.05, 4.69) is 0 Å². The summed E-state index contributed by atoms with van der Waals surface area (Å²) in [5, 5.41) is 0. The predicted molar refractivity (Wildman–Crippen MR) is 37.5 cm³/mol. The molecule has 1 rings (SSSR count). The summed E-state index contributed by atoms with van der Waals surface area (Å²) in [6.07, 6.45) is 0. The predicted octanol–water partition coefficient (Wildman–Crippen LogP) is 1.88. The number of hydrogen-bond acceptors (Lipinski definition) is 0. The summed E-state index contributed by atoms with van der Waals surface area (Å²) < 4.78 is 11.9. The second kappa shape index (κ2) is 3.57. The Hall–Kier alpha value is -0.420. The first-order valence-electron chi connectivity index (χ1n) is 2.10. The lowest BCUT2D eigenvalue weighted by Gasteiger charge is -1.78. The Morgan fingerprint density at radius 1 is 1.00 bits per heavy atom. The van der Waals surface area contributed by atoms with Crippen LogP contribution in [0.5, 0.6) is 0 Å². The van der Waals surface area contributed by atoms with Gasteiger partial charge >= 0.3 is 0 Å². The molecule has 0 N–H and O–H groups in total. The highest BCUT2D eigenvalue weighted by atomic mass is 31.0. The fraction of sp³-hybridized carbons (Fsp3) is 0. The Morgan fingerprint density at radius 2 is 1.50 bits per heavy atom. The summed E-state index contributed by atoms with van der Waals surface area (Å²) in [6, 6.07) is 7.94. The van der Waals surface area contributed by atoms with Crippen LogP contribution in [-0.4, -0.2) is 0 Å². The van der Waals surface area contributed by atoms with E-state index in [9.17, 15) is 4.39 Å². The largest absolute Gasteiger partial charge is 0.207 e. The third-order valence-corrected chi connectivity index (χ3v) is 0.733. The zero-order valence-corrected chi connectivity index (χ0v) is 5.89. The van der Waals surface area contributed by atoms with E-state index >= 15 is 0 Å². The van der Waals surface area contributed by atoms with Crippen molar-refractivity contribution >= 4 is 9.90 Å². The van der Waals surface area contributed by atoms with Gasteiger partial charge in [-0.3, -0.25) is 0 Å². The van der Waals surface area contributed by atoms with Crippen molar-refractivity contribution in [3.8, 4) is 0 Å². The summed E-state index contributed by atoms with van der Waals surface area (Å²) in [5.74, 6) is -0.178. The molecule has 1 unspecified atom stereocenters. The molecule has 0 heterocycles. The molecule has 0 saturated carbocycles. The molecule has 0 radical (unpaired) electrons. The highest BCUT2D eigenvalue weighted by molar-refractivity contribution is 6.92. The zero-order valence-electron chi connectivity index (χ0n) is 4.47. The van der Waals surface area contributed by atoms with Crippen molar-refractivity contribution < 1.29 is 4.39 Å². The molecule has 44 valence electrons. The maximum absolute atomic E-state index is 11.9. The topological polar surface area (TPSA) is 0 Å². The maximum Gasteiger partial charge on any atom is 0.123 e. The van der Waals surface area contributed by atoms with Gasteiger partial charge in [0.1, 0.15) is 5.82 Å². The van der Waals surface area contributed by atoms with Gasteiger partial charge in [-0.1, -0.05) is 18.2 Å². The van der Waals surface area contributed by atoms with Crippen LogP contribution in [0.15, 0.2) is 30.3 Å². The van der Waals surface area contributed by atoms with Crippen molar-refractivity contribution in [2.45, 2.75) is 0 Å². The van der Waals surface area contributed by atoms with E-state index < -0.39 is 0 Å². The zero-order chi connectivity index (χ0) is 5.11. The second-order valence-electron chi connectivity index (χ2n) is 1.30. The molecule has 0 nitrogen and oxygen atoms in total. The average molecular weight is 130 g/mol. The molecule has 0 spiro atoms. The van der Waals surface area contributed by atoms with Crippen molar-refractivity contribution in [3.05, 3.63) is 36.1 Å². The van der Waals surface area contributed by atoms with Crippen LogP contribution in [0.2, 0.25) is 0 Å². The van der Waals surface area contributed by atoms with Gasteiger partial charge in [0.05, 0.1) is 0 Å². The van der Waals surface area contributed by atoms with Gasteiger partial charge in [0.25, 0.3) is 0 Å². The van der Waals surface area contributed by atoms with Crippen LogP contribution in [0, 0.1) is 5.82 Å². The minimum absolute atomic E-state index is 0. The fourth-order valence-electron chi connectivity index (χ4n) is 0.415. The third kappa shape index (κ3) is 2.04. The van der Waals surface area contributed by atoms with Gasteiger partial charge in [-0.25, -0.2) is 4.39 Å². The fourth-order valence-corrected chi connectivity index (χ4v) is 0.415. The van der Waals surface area contributed by atoms with Gasteiger partial charge in [-0.05, 0) is 12.1 Å². The van der Waals surface area contributed by atoms with Crippen molar-refractivity contribution in [2.75, 3.05) is 0 Å². The molecule has 8 heavy (non-hydrogen) atoms. The Bertz CT molecular complexity index is 138. The monoisotopic (exact) mass is 130 g/mol. The van der Waals surface area contributed by atoms with Crippen LogP contribution in [0.4, 0.5) is 4.39 Å². The molecule has 1 aromatic rings. The van der Waals surface area contributed by atoms with E-state index in [0.29, 0.717) is 0 Å². The summed E-state index contributed by atoms with van der Waals surface area (Å²) >= 11 is 0. The van der Waals surface area contributed by atoms with Crippen molar-refractivity contribution in [2.24, 2.45) is 0 Å². The number of rotatable bonds is 0. The van der Waals surface area contributed by atoms with E-state index in [1.165, 1.54) is 12.1 Å². The van der Waals surface area contributed by atoms with Gasteiger partial charge in [0.15, 0.2) is 0 Å². The highest BCUT2D eigenvalue weighted by Crippen LogP contribution is 1.91. The first-order chi connectivity index (χ1) is 3.39. The Kier molecular flexibility index (Phi) is 3.38. The van der Waals surface area contributed by atoms with Gasteiger partial charge in [-0.2, -0.15) is 9.90 Å². The molecular weight excluding hydrogens is 122 g/mol. The van der Waals surface area contributed by atoms with Crippen LogP contribution < -0.4 is 0 Å². The van der Waals surface area contributed by atoms with Gasteiger partial charge in [0.2, 0.25) is 0 Å². The average Bonchev–Trinajstić information content (AvgIpc) is 1.69. The minimum Gasteiger partial charge on any atom is -0.207 e. The Labute approximate surface area is 51.3 Å². The molecule has 0 aliphatic heterocycles. The smallest absolute Gasteiger partial charge is 0.123 e. The van der Waals surface area contributed by atoms with Crippen molar-refractivity contribution in [3.63, 3.8) is 0 Å². The molecule has 1 aromatic carbocycles. The van der Waals surface area contributed by atoms with Crippen LogP contribution >= 0.6 is 9.90 Å². The molecule has 0 bridgehead atoms. The van der Waals surface area contributed by atoms with Crippen LogP contribution in [0.3, 0.4) is 0 Å². The lowest BCUT2D eigenvalue weighted by molar-refractivity contribution is 0.628. The van der Waals surface area contributed by atoms with Crippen molar-refractivity contribution in [1.82, 2.24) is 0 Å². The first-order valence-corrected chi connectivity index (χ1v) is 2.10. The molecule has 2 heteroatoms. The second-order valence-corrected chi connectivity index (χ2v) is 1.30. The summed E-state index contributed by atoms with van der Waals surface area (Å²) in [7, 11) is 0. The Balaban J connectivity index is 0.000000490. The summed E-state index contributed by atoms with van der Waals surface area (Å²) in [6.45, 7) is 0. The maximum atomic E-state index is 11.9.